The molecule has 0 amide bonds. The van der Waals surface area contributed by atoms with E-state index in [0.29, 0.717) is 18.2 Å². The predicted molar refractivity (Wildman–Crippen MR) is 55.5 cm³/mol. The number of sulfone groups is 1. The van der Waals surface area contributed by atoms with Crippen LogP contribution in [-0.2, 0) is 22.1 Å². The largest absolute Gasteiger partial charge is 0.384 e. The van der Waals surface area contributed by atoms with Gasteiger partial charge in [0.15, 0.2) is 9.84 Å². The van der Waals surface area contributed by atoms with Crippen molar-refractivity contribution in [1.82, 2.24) is 9.55 Å². The second-order valence-corrected chi connectivity index (χ2v) is 5.37. The monoisotopic (exact) mass is 217 g/mol. The third-order valence-corrected chi connectivity index (χ3v) is 3.65. The maximum Gasteiger partial charge on any atom is 0.157 e. The van der Waals surface area contributed by atoms with Crippen LogP contribution in [0.15, 0.2) is 6.20 Å². The fraction of sp³-hybridized carbons (Fsp3) is 0.625. The quantitative estimate of drug-likeness (QED) is 0.792. The topological polar surface area (TPSA) is 78.0 Å². The van der Waals surface area contributed by atoms with Crippen LogP contribution in [0, 0.1) is 0 Å². The smallest absolute Gasteiger partial charge is 0.157 e. The molecule has 0 fully saturated rings. The minimum Gasteiger partial charge on any atom is -0.384 e. The number of nitrogens with two attached hydrogens (primary N) is 1. The Kier molecular flexibility index (Phi) is 3.15. The molecular weight excluding hydrogens is 202 g/mol. The lowest BCUT2D eigenvalue weighted by Gasteiger charge is -2.06. The second-order valence-electron chi connectivity index (χ2n) is 3.02. The molecule has 80 valence electrons. The molecule has 5 nitrogen and oxygen atoms in total. The van der Waals surface area contributed by atoms with Crippen molar-refractivity contribution >= 4 is 15.7 Å². The summed E-state index contributed by atoms with van der Waals surface area (Å²) in [5.41, 5.74) is 5.62. The minimum atomic E-state index is -3.03. The molecule has 0 unspecified atom stereocenters. The zero-order valence-corrected chi connectivity index (χ0v) is 9.21. The van der Waals surface area contributed by atoms with Gasteiger partial charge in [0.05, 0.1) is 6.20 Å². The zero-order chi connectivity index (χ0) is 10.8. The zero-order valence-electron chi connectivity index (χ0n) is 8.40. The van der Waals surface area contributed by atoms with Gasteiger partial charge < -0.3 is 10.3 Å². The summed E-state index contributed by atoms with van der Waals surface area (Å²) in [4.78, 5) is 3.98. The van der Waals surface area contributed by atoms with Crippen LogP contribution in [0.5, 0.6) is 0 Å². The van der Waals surface area contributed by atoms with Crippen LogP contribution in [0.3, 0.4) is 0 Å². The molecular formula is C8H15N3O2S. The van der Waals surface area contributed by atoms with Gasteiger partial charge in [-0.1, -0.05) is 6.92 Å². The van der Waals surface area contributed by atoms with Crippen molar-refractivity contribution < 1.29 is 8.42 Å². The SMILES string of the molecule is CCn1c(N)cnc1CS(=O)(=O)CC. The first-order valence-electron chi connectivity index (χ1n) is 4.50. The first-order valence-corrected chi connectivity index (χ1v) is 6.32. The van der Waals surface area contributed by atoms with Crippen LogP contribution < -0.4 is 5.73 Å². The van der Waals surface area contributed by atoms with Gasteiger partial charge >= 0.3 is 0 Å². The number of hydrogen-bond donors (Lipinski definition) is 1. The summed E-state index contributed by atoms with van der Waals surface area (Å²) < 4.78 is 24.4. The lowest BCUT2D eigenvalue weighted by Crippen LogP contribution is -2.12. The van der Waals surface area contributed by atoms with Crippen molar-refractivity contribution in [3.8, 4) is 0 Å². The Hall–Kier alpha value is -1.04. The van der Waals surface area contributed by atoms with Gasteiger partial charge in [-0.05, 0) is 6.92 Å². The van der Waals surface area contributed by atoms with E-state index in [9.17, 15) is 8.42 Å². The van der Waals surface area contributed by atoms with Crippen LogP contribution >= 0.6 is 0 Å². The Morgan fingerprint density at radius 3 is 2.64 bits per heavy atom. The first kappa shape index (κ1) is 11.0. The predicted octanol–water partition coefficient (Wildman–Crippen LogP) is 0.420. The molecule has 0 saturated carbocycles. The van der Waals surface area contributed by atoms with Crippen LogP contribution in [0.2, 0.25) is 0 Å². The number of imidazole rings is 1. The van der Waals surface area contributed by atoms with Gasteiger partial charge in [-0.25, -0.2) is 13.4 Å². The van der Waals surface area contributed by atoms with Crippen molar-refractivity contribution in [2.24, 2.45) is 0 Å². The van der Waals surface area contributed by atoms with Gasteiger partial charge in [-0.15, -0.1) is 0 Å². The summed E-state index contributed by atoms with van der Waals surface area (Å²) in [5.74, 6) is 1.12. The van der Waals surface area contributed by atoms with Crippen molar-refractivity contribution in [2.45, 2.75) is 26.1 Å². The lowest BCUT2D eigenvalue weighted by molar-refractivity contribution is 0.592. The van der Waals surface area contributed by atoms with E-state index >= 15 is 0 Å². The van der Waals surface area contributed by atoms with Gasteiger partial charge in [0.25, 0.3) is 0 Å². The highest BCUT2D eigenvalue weighted by Gasteiger charge is 2.14. The van der Waals surface area contributed by atoms with Gasteiger partial charge in [-0.3, -0.25) is 0 Å². The molecule has 0 radical (unpaired) electrons. The molecule has 14 heavy (non-hydrogen) atoms. The molecule has 1 aromatic rings. The third-order valence-electron chi connectivity index (χ3n) is 2.07. The summed E-state index contributed by atoms with van der Waals surface area (Å²) in [5, 5.41) is 0. The lowest BCUT2D eigenvalue weighted by atomic mass is 10.6. The highest BCUT2D eigenvalue weighted by molar-refractivity contribution is 7.90. The molecule has 0 aromatic carbocycles. The van der Waals surface area contributed by atoms with Crippen molar-refractivity contribution in [2.75, 3.05) is 11.5 Å². The molecule has 1 aromatic heterocycles. The van der Waals surface area contributed by atoms with Gasteiger partial charge in [0, 0.05) is 12.3 Å². The van der Waals surface area contributed by atoms with E-state index in [2.05, 4.69) is 4.98 Å². The van der Waals surface area contributed by atoms with E-state index in [1.807, 2.05) is 6.92 Å². The Balaban J connectivity index is 2.98. The van der Waals surface area contributed by atoms with Gasteiger partial charge in [0.1, 0.15) is 17.4 Å². The molecule has 0 saturated heterocycles. The number of nitrogens with zero attached hydrogens (tertiary/aromatic N) is 2. The second kappa shape index (κ2) is 4.00. The van der Waals surface area contributed by atoms with Crippen LogP contribution in [0.25, 0.3) is 0 Å². The summed E-state index contributed by atoms with van der Waals surface area (Å²) >= 11 is 0. The molecule has 0 aliphatic heterocycles. The summed E-state index contributed by atoms with van der Waals surface area (Å²) in [6.45, 7) is 4.17. The Morgan fingerprint density at radius 1 is 1.50 bits per heavy atom. The Morgan fingerprint density at radius 2 is 2.14 bits per heavy atom. The number of hydrogen-bond acceptors (Lipinski definition) is 4. The molecule has 1 rings (SSSR count). The fourth-order valence-electron chi connectivity index (χ4n) is 1.21. The average Bonchev–Trinajstić information content (AvgIpc) is 2.46. The van der Waals surface area contributed by atoms with E-state index in [4.69, 9.17) is 5.73 Å². The maximum atomic E-state index is 11.4. The van der Waals surface area contributed by atoms with E-state index in [0.717, 1.165) is 0 Å². The van der Waals surface area contributed by atoms with Crippen LogP contribution in [0.4, 0.5) is 5.82 Å². The van der Waals surface area contributed by atoms with Crippen LogP contribution in [-0.4, -0.2) is 23.7 Å². The molecule has 0 aliphatic rings. The molecule has 2 N–H and O–H groups in total. The Bertz CT molecular complexity index is 408. The highest BCUT2D eigenvalue weighted by Crippen LogP contribution is 2.10. The number of aromatic nitrogens is 2. The van der Waals surface area contributed by atoms with E-state index in [1.165, 1.54) is 6.20 Å². The van der Waals surface area contributed by atoms with Crippen molar-refractivity contribution in [3.63, 3.8) is 0 Å². The molecule has 0 aliphatic carbocycles. The van der Waals surface area contributed by atoms with E-state index in [1.54, 1.807) is 11.5 Å². The normalized spacial score (nSPS) is 11.9. The van der Waals surface area contributed by atoms with Crippen molar-refractivity contribution in [1.29, 1.82) is 0 Å². The summed E-state index contributed by atoms with van der Waals surface area (Å²) in [6, 6.07) is 0. The molecule has 0 spiro atoms. The van der Waals surface area contributed by atoms with Gasteiger partial charge in [0.2, 0.25) is 0 Å². The molecule has 1 heterocycles. The number of nitrogen functional groups attached to an aromatic ring is 1. The molecule has 6 heteroatoms. The van der Waals surface area contributed by atoms with Crippen molar-refractivity contribution in [3.05, 3.63) is 12.0 Å². The van der Waals surface area contributed by atoms with E-state index in [-0.39, 0.29) is 11.5 Å². The fourth-order valence-corrected chi connectivity index (χ4v) is 2.04. The first-order chi connectivity index (χ1) is 6.50. The maximum absolute atomic E-state index is 11.4. The average molecular weight is 217 g/mol. The number of rotatable bonds is 4. The molecule has 0 atom stereocenters. The standard InChI is InChI=1S/C8H15N3O2S/c1-3-11-7(9)5-10-8(11)6-14(12,13)4-2/h5H,3-4,6,9H2,1-2H3. The summed E-state index contributed by atoms with van der Waals surface area (Å²) in [6.07, 6.45) is 1.49. The number of anilines is 1. The Labute approximate surface area is 83.9 Å². The minimum absolute atomic E-state index is 0.0332. The van der Waals surface area contributed by atoms with Gasteiger partial charge in [-0.2, -0.15) is 0 Å². The van der Waals surface area contributed by atoms with Crippen LogP contribution in [0.1, 0.15) is 19.7 Å². The molecule has 0 bridgehead atoms. The third kappa shape index (κ3) is 2.25. The van der Waals surface area contributed by atoms with E-state index < -0.39 is 9.84 Å². The summed E-state index contributed by atoms with van der Waals surface area (Å²) in [7, 11) is -3.03. The highest BCUT2D eigenvalue weighted by atomic mass is 32.2.